The first-order valence-corrected chi connectivity index (χ1v) is 13.9. The van der Waals surface area contributed by atoms with Crippen LogP contribution in [-0.2, 0) is 0 Å². The lowest BCUT2D eigenvalue weighted by Crippen LogP contribution is -2.01. The molecule has 3 heteroatoms. The van der Waals surface area contributed by atoms with Crippen molar-refractivity contribution in [2.45, 2.75) is 0 Å². The highest BCUT2D eigenvalue weighted by molar-refractivity contribution is 6.11. The first-order valence-electron chi connectivity index (χ1n) is 13.9. The van der Waals surface area contributed by atoms with E-state index in [4.69, 9.17) is 9.97 Å². The molecule has 3 aromatic heterocycles. The number of benzene rings is 5. The highest BCUT2D eigenvalue weighted by atomic mass is 15.0. The number of para-hydroxylation sites is 2. The molecule has 0 unspecified atom stereocenters. The van der Waals surface area contributed by atoms with Crippen LogP contribution in [0.2, 0.25) is 0 Å². The van der Waals surface area contributed by atoms with Gasteiger partial charge in [-0.25, -0.2) is 0 Å². The van der Waals surface area contributed by atoms with Gasteiger partial charge >= 0.3 is 0 Å². The van der Waals surface area contributed by atoms with Gasteiger partial charge in [0.2, 0.25) is 0 Å². The van der Waals surface area contributed by atoms with Gasteiger partial charge in [-0.15, -0.1) is 0 Å². The van der Waals surface area contributed by atoms with Gasteiger partial charge in [0.15, 0.2) is 0 Å². The second-order valence-corrected chi connectivity index (χ2v) is 10.6. The summed E-state index contributed by atoms with van der Waals surface area (Å²) in [5.74, 6) is 0. The first-order chi connectivity index (χ1) is 20.4. The van der Waals surface area contributed by atoms with Crippen LogP contribution in [0.3, 0.4) is 0 Å². The van der Waals surface area contributed by atoms with Crippen molar-refractivity contribution >= 4 is 32.8 Å². The average molecular weight is 522 g/mol. The van der Waals surface area contributed by atoms with Crippen LogP contribution in [0.4, 0.5) is 0 Å². The van der Waals surface area contributed by atoms with Crippen molar-refractivity contribution in [2.75, 3.05) is 0 Å². The highest BCUT2D eigenvalue weighted by Gasteiger charge is 2.25. The van der Waals surface area contributed by atoms with Gasteiger partial charge in [-0.3, -0.25) is 9.97 Å². The molecular weight excluding hydrogens is 498 g/mol. The Balaban J connectivity index is 1.44. The minimum atomic E-state index is 0.898. The summed E-state index contributed by atoms with van der Waals surface area (Å²) in [6, 6.07) is 45.7. The van der Waals surface area contributed by atoms with Gasteiger partial charge in [-0.05, 0) is 69.8 Å². The van der Waals surface area contributed by atoms with Crippen LogP contribution in [0.25, 0.3) is 83.0 Å². The number of nitrogens with zero attached hydrogens (tertiary/aromatic N) is 3. The minimum Gasteiger partial charge on any atom is -0.309 e. The zero-order valence-corrected chi connectivity index (χ0v) is 22.1. The fourth-order valence-corrected chi connectivity index (χ4v) is 6.72. The molecule has 41 heavy (non-hydrogen) atoms. The Morgan fingerprint density at radius 3 is 1.71 bits per heavy atom. The first kappa shape index (κ1) is 22.3. The standard InChI is InChI=1S/C38H23N3/c1-3-12-27-25(10-1)26-11-2-4-13-28(26)33-23-40-34-16-9-21-39-38(34)37(33)31-20-19-24(22-32(27)31)41-35-17-7-5-14-29(35)30-15-6-8-18-36(30)41/h1-23H. The van der Waals surface area contributed by atoms with Gasteiger partial charge in [-0.1, -0.05) is 91.0 Å². The predicted molar refractivity (Wildman–Crippen MR) is 169 cm³/mol. The Morgan fingerprint density at radius 2 is 1.02 bits per heavy atom. The molecule has 1 aliphatic rings. The molecular formula is C38H23N3. The topological polar surface area (TPSA) is 30.7 Å². The summed E-state index contributed by atoms with van der Waals surface area (Å²) in [5.41, 5.74) is 14.8. The van der Waals surface area contributed by atoms with Gasteiger partial charge < -0.3 is 4.57 Å². The molecule has 0 saturated heterocycles. The number of aromatic nitrogens is 3. The molecule has 0 amide bonds. The van der Waals surface area contributed by atoms with E-state index < -0.39 is 0 Å². The van der Waals surface area contributed by atoms with E-state index in [0.29, 0.717) is 0 Å². The number of pyridine rings is 2. The second kappa shape index (κ2) is 8.48. The third kappa shape index (κ3) is 3.14. The van der Waals surface area contributed by atoms with Crippen molar-refractivity contribution in [3.63, 3.8) is 0 Å². The summed E-state index contributed by atoms with van der Waals surface area (Å²) >= 11 is 0. The predicted octanol–water partition coefficient (Wildman–Crippen LogP) is 9.71. The summed E-state index contributed by atoms with van der Waals surface area (Å²) in [4.78, 5) is 9.74. The molecule has 5 aromatic carbocycles. The van der Waals surface area contributed by atoms with Crippen molar-refractivity contribution in [3.8, 4) is 50.2 Å². The molecule has 0 aliphatic heterocycles. The molecule has 9 rings (SSSR count). The maximum Gasteiger partial charge on any atom is 0.0971 e. The smallest absolute Gasteiger partial charge is 0.0971 e. The number of hydrogen-bond donors (Lipinski definition) is 0. The lowest BCUT2D eigenvalue weighted by molar-refractivity contribution is 1.18. The minimum absolute atomic E-state index is 0.898. The van der Waals surface area contributed by atoms with Crippen LogP contribution in [0, 0.1) is 0 Å². The summed E-state index contributed by atoms with van der Waals surface area (Å²) < 4.78 is 2.39. The summed E-state index contributed by atoms with van der Waals surface area (Å²) in [7, 11) is 0. The zero-order valence-electron chi connectivity index (χ0n) is 22.1. The van der Waals surface area contributed by atoms with Crippen molar-refractivity contribution in [2.24, 2.45) is 0 Å². The van der Waals surface area contributed by atoms with E-state index in [2.05, 4.69) is 120 Å². The summed E-state index contributed by atoms with van der Waals surface area (Å²) in [6.07, 6.45) is 3.89. The van der Waals surface area contributed by atoms with Crippen molar-refractivity contribution < 1.29 is 0 Å². The third-order valence-electron chi connectivity index (χ3n) is 8.46. The van der Waals surface area contributed by atoms with E-state index in [9.17, 15) is 0 Å². The van der Waals surface area contributed by atoms with Gasteiger partial charge in [-0.2, -0.15) is 0 Å². The van der Waals surface area contributed by atoms with E-state index in [1.807, 2.05) is 24.5 Å². The van der Waals surface area contributed by atoms with E-state index in [1.54, 1.807) is 0 Å². The third-order valence-corrected chi connectivity index (χ3v) is 8.46. The molecule has 190 valence electrons. The Kier molecular flexibility index (Phi) is 4.61. The number of rotatable bonds is 1. The van der Waals surface area contributed by atoms with Crippen LogP contribution >= 0.6 is 0 Å². The van der Waals surface area contributed by atoms with Crippen LogP contribution < -0.4 is 0 Å². The van der Waals surface area contributed by atoms with E-state index >= 15 is 0 Å². The summed E-state index contributed by atoms with van der Waals surface area (Å²) in [5, 5.41) is 2.52. The lowest BCUT2D eigenvalue weighted by atomic mass is 9.81. The van der Waals surface area contributed by atoms with Crippen LogP contribution in [0.15, 0.2) is 140 Å². The van der Waals surface area contributed by atoms with E-state index in [0.717, 1.165) is 33.4 Å². The summed E-state index contributed by atoms with van der Waals surface area (Å²) in [6.45, 7) is 0. The van der Waals surface area contributed by atoms with Crippen molar-refractivity contribution in [1.29, 1.82) is 0 Å². The maximum absolute atomic E-state index is 4.88. The maximum atomic E-state index is 4.88. The van der Waals surface area contributed by atoms with E-state index in [1.165, 1.54) is 49.6 Å². The lowest BCUT2D eigenvalue weighted by Gasteiger charge is -2.24. The fourth-order valence-electron chi connectivity index (χ4n) is 6.72. The van der Waals surface area contributed by atoms with Crippen molar-refractivity contribution in [1.82, 2.24) is 14.5 Å². The van der Waals surface area contributed by atoms with Gasteiger partial charge in [0, 0.05) is 40.0 Å². The molecule has 0 fully saturated rings. The highest BCUT2D eigenvalue weighted by Crippen LogP contribution is 2.49. The molecule has 0 atom stereocenters. The molecule has 0 radical (unpaired) electrons. The largest absolute Gasteiger partial charge is 0.309 e. The molecule has 3 heterocycles. The molecule has 3 nitrogen and oxygen atoms in total. The Bertz CT molecular complexity index is 2270. The van der Waals surface area contributed by atoms with Crippen molar-refractivity contribution in [3.05, 3.63) is 140 Å². The normalized spacial score (nSPS) is 11.9. The number of fused-ring (bicyclic) bond motifs is 13. The zero-order chi connectivity index (χ0) is 26.9. The quantitative estimate of drug-likeness (QED) is 0.215. The SMILES string of the molecule is c1ccc2c(c1)-c1ccccc1-c1cnc3cccnc3c1-c1ccc(-n3c4ccccc4c4ccccc43)cc1-2. The molecule has 0 bridgehead atoms. The Hall–Kier alpha value is -5.54. The second-order valence-electron chi connectivity index (χ2n) is 10.6. The molecule has 0 N–H and O–H groups in total. The monoisotopic (exact) mass is 521 g/mol. The fraction of sp³-hybridized carbons (Fsp3) is 0. The van der Waals surface area contributed by atoms with Gasteiger partial charge in [0.1, 0.15) is 0 Å². The Labute approximate surface area is 237 Å². The Morgan fingerprint density at radius 1 is 0.439 bits per heavy atom. The molecule has 0 saturated carbocycles. The van der Waals surface area contributed by atoms with Gasteiger partial charge in [0.05, 0.1) is 22.1 Å². The van der Waals surface area contributed by atoms with E-state index in [-0.39, 0.29) is 0 Å². The van der Waals surface area contributed by atoms with Crippen LogP contribution in [0.1, 0.15) is 0 Å². The molecule has 1 aliphatic carbocycles. The van der Waals surface area contributed by atoms with Gasteiger partial charge in [0.25, 0.3) is 0 Å². The van der Waals surface area contributed by atoms with Crippen LogP contribution in [-0.4, -0.2) is 14.5 Å². The molecule has 0 spiro atoms. The average Bonchev–Trinajstić information content (AvgIpc) is 3.38. The molecule has 8 aromatic rings. The number of hydrogen-bond acceptors (Lipinski definition) is 2. The van der Waals surface area contributed by atoms with Crippen LogP contribution in [0.5, 0.6) is 0 Å².